The van der Waals surface area contributed by atoms with Gasteiger partial charge in [0.15, 0.2) is 4.80 Å². The molecule has 7 nitrogen and oxygen atoms in total. The number of fused-ring (bicyclic) bond motifs is 1. The smallest absolute Gasteiger partial charge is 0.279 e. The van der Waals surface area contributed by atoms with E-state index in [2.05, 4.69) is 20.5 Å². The van der Waals surface area contributed by atoms with Gasteiger partial charge in [-0.15, -0.1) is 5.10 Å². The Hall–Kier alpha value is -3.13. The molecule has 118 valence electrons. The third-order valence-corrected chi connectivity index (χ3v) is 4.75. The van der Waals surface area contributed by atoms with Crippen molar-refractivity contribution in [2.24, 2.45) is 12.0 Å². The molecule has 0 aliphatic carbocycles. The summed E-state index contributed by atoms with van der Waals surface area (Å²) in [4.78, 5) is 17.3. The number of nitrogens with zero attached hydrogens (tertiary/aromatic N) is 6. The maximum Gasteiger partial charge on any atom is 0.279 e. The minimum atomic E-state index is -0.277. The van der Waals surface area contributed by atoms with Crippen molar-refractivity contribution in [2.45, 2.75) is 0 Å². The van der Waals surface area contributed by atoms with E-state index in [9.17, 15) is 4.79 Å². The largest absolute Gasteiger partial charge is 0.319 e. The summed E-state index contributed by atoms with van der Waals surface area (Å²) in [7, 11) is 1.91. The molecule has 0 radical (unpaired) electrons. The van der Waals surface area contributed by atoms with Crippen molar-refractivity contribution in [1.29, 1.82) is 0 Å². The molecule has 2 aromatic carbocycles. The van der Waals surface area contributed by atoms with Gasteiger partial charge in [0.25, 0.3) is 5.91 Å². The van der Waals surface area contributed by atoms with Gasteiger partial charge in [0.1, 0.15) is 6.33 Å². The van der Waals surface area contributed by atoms with Gasteiger partial charge in [0.2, 0.25) is 0 Å². The summed E-state index contributed by atoms with van der Waals surface area (Å²) in [6.07, 6.45) is 1.50. The highest BCUT2D eigenvalue weighted by molar-refractivity contribution is 7.16. The second kappa shape index (κ2) is 5.82. The molecule has 0 unspecified atom stereocenters. The van der Waals surface area contributed by atoms with E-state index >= 15 is 0 Å². The van der Waals surface area contributed by atoms with Crippen LogP contribution in [0.1, 0.15) is 10.4 Å². The van der Waals surface area contributed by atoms with Crippen LogP contribution in [0.15, 0.2) is 59.9 Å². The number of tetrazole rings is 1. The van der Waals surface area contributed by atoms with E-state index < -0.39 is 0 Å². The molecule has 4 rings (SSSR count). The molecule has 8 heteroatoms. The van der Waals surface area contributed by atoms with Gasteiger partial charge in [-0.2, -0.15) is 4.99 Å². The van der Waals surface area contributed by atoms with E-state index in [-0.39, 0.29) is 5.91 Å². The van der Waals surface area contributed by atoms with Crippen LogP contribution in [0.3, 0.4) is 0 Å². The Morgan fingerprint density at radius 1 is 1.12 bits per heavy atom. The van der Waals surface area contributed by atoms with Crippen molar-refractivity contribution in [3.05, 3.63) is 65.2 Å². The lowest BCUT2D eigenvalue weighted by molar-refractivity contribution is 0.0998. The van der Waals surface area contributed by atoms with E-state index in [4.69, 9.17) is 0 Å². The normalized spacial score (nSPS) is 12.0. The number of hydrogen-bond acceptors (Lipinski definition) is 5. The second-order valence-electron chi connectivity index (χ2n) is 5.13. The number of aromatic nitrogens is 5. The number of carbonyl (C=O) groups excluding carboxylic acids is 1. The zero-order chi connectivity index (χ0) is 16.5. The number of carbonyl (C=O) groups is 1. The van der Waals surface area contributed by atoms with Gasteiger partial charge in [-0.1, -0.05) is 23.5 Å². The Morgan fingerprint density at radius 3 is 2.62 bits per heavy atom. The van der Waals surface area contributed by atoms with Crippen LogP contribution in [0.25, 0.3) is 15.9 Å². The van der Waals surface area contributed by atoms with Crippen molar-refractivity contribution < 1.29 is 4.79 Å². The Labute approximate surface area is 140 Å². The van der Waals surface area contributed by atoms with Gasteiger partial charge in [-0.05, 0) is 46.8 Å². The second-order valence-corrected chi connectivity index (χ2v) is 6.14. The number of para-hydroxylation sites is 1. The molecule has 0 fully saturated rings. The SMILES string of the molecule is Cn1c(=NC(=O)c2ccc(-n3cnnn3)cc2)sc2ccccc21. The van der Waals surface area contributed by atoms with E-state index in [1.807, 2.05) is 35.9 Å². The summed E-state index contributed by atoms with van der Waals surface area (Å²) in [5, 5.41) is 11.0. The van der Waals surface area contributed by atoms with Crippen LogP contribution in [0.2, 0.25) is 0 Å². The highest BCUT2D eigenvalue weighted by Crippen LogP contribution is 2.15. The topological polar surface area (TPSA) is 78.0 Å². The lowest BCUT2D eigenvalue weighted by Crippen LogP contribution is -2.13. The van der Waals surface area contributed by atoms with Crippen LogP contribution in [0, 0.1) is 0 Å². The van der Waals surface area contributed by atoms with Crippen LogP contribution < -0.4 is 4.80 Å². The number of benzene rings is 2. The average molecular weight is 336 g/mol. The quantitative estimate of drug-likeness (QED) is 0.560. The Kier molecular flexibility index (Phi) is 3.51. The van der Waals surface area contributed by atoms with Gasteiger partial charge >= 0.3 is 0 Å². The summed E-state index contributed by atoms with van der Waals surface area (Å²) >= 11 is 1.49. The Bertz CT molecular complexity index is 1080. The molecule has 0 atom stereocenters. The number of aryl methyl sites for hydroxylation is 1. The van der Waals surface area contributed by atoms with Crippen LogP contribution in [-0.2, 0) is 7.05 Å². The highest BCUT2D eigenvalue weighted by Gasteiger charge is 2.07. The fourth-order valence-corrected chi connectivity index (χ4v) is 3.39. The number of thiazole rings is 1. The van der Waals surface area contributed by atoms with E-state index in [1.165, 1.54) is 22.3 Å². The molecule has 0 bridgehead atoms. The molecule has 0 N–H and O–H groups in total. The van der Waals surface area contributed by atoms with Gasteiger partial charge in [-0.25, -0.2) is 4.68 Å². The predicted molar refractivity (Wildman–Crippen MR) is 89.8 cm³/mol. The first-order valence-corrected chi connectivity index (χ1v) is 8.01. The maximum absolute atomic E-state index is 12.4. The van der Waals surface area contributed by atoms with Gasteiger partial charge in [0.05, 0.1) is 15.9 Å². The van der Waals surface area contributed by atoms with Crippen LogP contribution in [0.4, 0.5) is 0 Å². The van der Waals surface area contributed by atoms with Crippen LogP contribution in [-0.4, -0.2) is 30.7 Å². The Balaban J connectivity index is 1.69. The molecule has 0 aliphatic heterocycles. The van der Waals surface area contributed by atoms with Gasteiger partial charge in [0, 0.05) is 12.6 Å². The number of hydrogen-bond donors (Lipinski definition) is 0. The highest BCUT2D eigenvalue weighted by atomic mass is 32.1. The molecule has 0 spiro atoms. The lowest BCUT2D eigenvalue weighted by atomic mass is 10.2. The first-order valence-electron chi connectivity index (χ1n) is 7.19. The molecular weight excluding hydrogens is 324 g/mol. The van der Waals surface area contributed by atoms with Crippen molar-refractivity contribution in [2.75, 3.05) is 0 Å². The molecule has 2 aromatic heterocycles. The summed E-state index contributed by atoms with van der Waals surface area (Å²) < 4.78 is 4.55. The average Bonchev–Trinajstić information content (AvgIpc) is 3.25. The van der Waals surface area contributed by atoms with Gasteiger partial charge < -0.3 is 4.57 Å². The molecule has 24 heavy (non-hydrogen) atoms. The van der Waals surface area contributed by atoms with Crippen molar-refractivity contribution in [3.63, 3.8) is 0 Å². The van der Waals surface area contributed by atoms with Crippen molar-refractivity contribution in [1.82, 2.24) is 24.8 Å². The number of amides is 1. The van der Waals surface area contributed by atoms with Gasteiger partial charge in [-0.3, -0.25) is 4.79 Å². The van der Waals surface area contributed by atoms with Crippen LogP contribution >= 0.6 is 11.3 Å². The first kappa shape index (κ1) is 14.5. The van der Waals surface area contributed by atoms with E-state index in [0.717, 1.165) is 15.9 Å². The minimum Gasteiger partial charge on any atom is -0.319 e. The van der Waals surface area contributed by atoms with E-state index in [1.54, 1.807) is 24.3 Å². The third-order valence-electron chi connectivity index (χ3n) is 3.64. The van der Waals surface area contributed by atoms with Crippen molar-refractivity contribution >= 4 is 27.5 Å². The minimum absolute atomic E-state index is 0.277. The molecule has 0 aliphatic rings. The fraction of sp³-hybridized carbons (Fsp3) is 0.0625. The molecule has 1 amide bonds. The zero-order valence-corrected chi connectivity index (χ0v) is 13.5. The zero-order valence-electron chi connectivity index (χ0n) is 12.7. The Morgan fingerprint density at radius 2 is 1.92 bits per heavy atom. The molecular formula is C16H12N6OS. The summed E-state index contributed by atoms with van der Waals surface area (Å²) in [5.41, 5.74) is 2.36. The predicted octanol–water partition coefficient (Wildman–Crippen LogP) is 1.96. The molecule has 2 heterocycles. The monoisotopic (exact) mass is 336 g/mol. The first-order chi connectivity index (χ1) is 11.7. The maximum atomic E-state index is 12.4. The van der Waals surface area contributed by atoms with Crippen molar-refractivity contribution in [3.8, 4) is 5.69 Å². The molecule has 0 saturated carbocycles. The summed E-state index contributed by atoms with van der Waals surface area (Å²) in [6, 6.07) is 15.0. The lowest BCUT2D eigenvalue weighted by Gasteiger charge is -2.00. The summed E-state index contributed by atoms with van der Waals surface area (Å²) in [5.74, 6) is -0.277. The summed E-state index contributed by atoms with van der Waals surface area (Å²) in [6.45, 7) is 0. The fourth-order valence-electron chi connectivity index (χ4n) is 2.38. The standard InChI is InChI=1S/C16H12N6OS/c1-21-13-4-2-3-5-14(13)24-16(21)18-15(23)11-6-8-12(9-7-11)22-10-17-19-20-22/h2-10H,1H3. The molecule has 4 aromatic rings. The van der Waals surface area contributed by atoms with Crippen LogP contribution in [0.5, 0.6) is 0 Å². The third kappa shape index (κ3) is 2.52. The number of rotatable bonds is 2. The molecule has 0 saturated heterocycles. The van der Waals surface area contributed by atoms with E-state index in [0.29, 0.717) is 10.4 Å².